The second kappa shape index (κ2) is 6.34. The maximum Gasteiger partial charge on any atom is 0.338 e. The lowest BCUT2D eigenvalue weighted by Gasteiger charge is -2.01. The van der Waals surface area contributed by atoms with Gasteiger partial charge in [-0.3, -0.25) is 0 Å². The summed E-state index contributed by atoms with van der Waals surface area (Å²) < 4.78 is 17.0. The molecule has 1 N–H and O–H groups in total. The summed E-state index contributed by atoms with van der Waals surface area (Å²) in [5.74, 6) is -0.965. The van der Waals surface area contributed by atoms with Gasteiger partial charge in [-0.05, 0) is 24.3 Å². The van der Waals surface area contributed by atoms with Crippen molar-refractivity contribution in [1.29, 1.82) is 0 Å². The highest BCUT2D eigenvalue weighted by atomic mass is 35.5. The summed E-state index contributed by atoms with van der Waals surface area (Å²) >= 11 is 0. The number of halogens is 2. The van der Waals surface area contributed by atoms with E-state index in [4.69, 9.17) is 5.11 Å². The quantitative estimate of drug-likeness (QED) is 0.784. The minimum Gasteiger partial charge on any atom is -0.460 e. The molecule has 0 bridgehead atoms. The number of benzene rings is 1. The van der Waals surface area contributed by atoms with E-state index in [0.717, 1.165) is 0 Å². The van der Waals surface area contributed by atoms with Crippen molar-refractivity contribution in [3.8, 4) is 0 Å². The Kier molecular flexibility index (Phi) is 5.83. The third-order valence-corrected chi connectivity index (χ3v) is 1.40. The van der Waals surface area contributed by atoms with Crippen molar-refractivity contribution >= 4 is 18.4 Å². The van der Waals surface area contributed by atoms with Crippen LogP contribution in [0.5, 0.6) is 0 Å². The van der Waals surface area contributed by atoms with Crippen LogP contribution in [0.4, 0.5) is 4.39 Å². The Morgan fingerprint density at radius 3 is 2.43 bits per heavy atom. The Morgan fingerprint density at radius 2 is 1.93 bits per heavy atom. The fraction of sp³-hybridized carbons (Fsp3) is 0.222. The molecule has 0 aliphatic heterocycles. The van der Waals surface area contributed by atoms with Gasteiger partial charge in [-0.1, -0.05) is 0 Å². The summed E-state index contributed by atoms with van der Waals surface area (Å²) in [6.45, 7) is -0.261. The van der Waals surface area contributed by atoms with Gasteiger partial charge in [0.15, 0.2) is 0 Å². The van der Waals surface area contributed by atoms with Crippen molar-refractivity contribution in [2.45, 2.75) is 0 Å². The van der Waals surface area contributed by atoms with Crippen molar-refractivity contribution in [2.24, 2.45) is 0 Å². The number of hydrogen-bond acceptors (Lipinski definition) is 3. The highest BCUT2D eigenvalue weighted by Crippen LogP contribution is 2.03. The molecule has 3 nitrogen and oxygen atoms in total. The van der Waals surface area contributed by atoms with Crippen LogP contribution in [0.15, 0.2) is 24.3 Å². The molecule has 0 atom stereocenters. The minimum absolute atomic E-state index is 0. The van der Waals surface area contributed by atoms with E-state index >= 15 is 0 Å². The van der Waals surface area contributed by atoms with Gasteiger partial charge in [0.05, 0.1) is 12.2 Å². The van der Waals surface area contributed by atoms with Gasteiger partial charge in [-0.15, -0.1) is 12.4 Å². The summed E-state index contributed by atoms with van der Waals surface area (Å²) in [5, 5.41) is 8.37. The lowest BCUT2D eigenvalue weighted by Crippen LogP contribution is -2.08. The van der Waals surface area contributed by atoms with E-state index in [0.29, 0.717) is 0 Å². The fourth-order valence-electron chi connectivity index (χ4n) is 0.808. The Bertz CT molecular complexity index is 287. The number of hydrogen-bond donors (Lipinski definition) is 1. The first-order valence-corrected chi connectivity index (χ1v) is 3.77. The predicted octanol–water partition coefficient (Wildman–Crippen LogP) is 1.40. The SMILES string of the molecule is Cl.O=C(OCCO)c1ccc(F)cc1. The largest absolute Gasteiger partial charge is 0.460 e. The lowest BCUT2D eigenvalue weighted by atomic mass is 10.2. The van der Waals surface area contributed by atoms with E-state index in [1.807, 2.05) is 0 Å². The molecule has 0 fully saturated rings. The summed E-state index contributed by atoms with van der Waals surface area (Å²) in [6, 6.07) is 5.01. The number of esters is 1. The molecule has 0 aliphatic carbocycles. The van der Waals surface area contributed by atoms with Gasteiger partial charge in [0.2, 0.25) is 0 Å². The Hall–Kier alpha value is -1.13. The molecule has 1 aromatic carbocycles. The van der Waals surface area contributed by atoms with Gasteiger partial charge >= 0.3 is 5.97 Å². The normalized spacial score (nSPS) is 9.00. The maximum absolute atomic E-state index is 12.4. The molecule has 0 spiro atoms. The predicted molar refractivity (Wildman–Crippen MR) is 51.0 cm³/mol. The summed E-state index contributed by atoms with van der Waals surface area (Å²) in [7, 11) is 0. The standard InChI is InChI=1S/C9H9FO3.ClH/c10-8-3-1-7(2-4-8)9(12)13-6-5-11;/h1-4,11H,5-6H2;1H. The lowest BCUT2D eigenvalue weighted by molar-refractivity contribution is 0.0433. The van der Waals surface area contributed by atoms with E-state index < -0.39 is 11.8 Å². The molecule has 0 heterocycles. The topological polar surface area (TPSA) is 46.5 Å². The highest BCUT2D eigenvalue weighted by molar-refractivity contribution is 5.89. The Morgan fingerprint density at radius 1 is 1.36 bits per heavy atom. The molecule has 0 saturated heterocycles. The van der Waals surface area contributed by atoms with Crippen LogP contribution in [-0.4, -0.2) is 24.3 Å². The second-order valence-corrected chi connectivity index (χ2v) is 2.37. The number of ether oxygens (including phenoxy) is 1. The van der Waals surface area contributed by atoms with Crippen LogP contribution in [0.25, 0.3) is 0 Å². The molecule has 1 rings (SSSR count). The van der Waals surface area contributed by atoms with Gasteiger partial charge in [0, 0.05) is 0 Å². The third-order valence-electron chi connectivity index (χ3n) is 1.40. The van der Waals surface area contributed by atoms with Gasteiger partial charge in [-0.25, -0.2) is 9.18 Å². The Labute approximate surface area is 86.9 Å². The zero-order valence-electron chi connectivity index (χ0n) is 7.27. The number of rotatable bonds is 3. The van der Waals surface area contributed by atoms with Crippen molar-refractivity contribution in [3.05, 3.63) is 35.6 Å². The molecule has 0 radical (unpaired) electrons. The molecule has 14 heavy (non-hydrogen) atoms. The van der Waals surface area contributed by atoms with E-state index in [1.165, 1.54) is 24.3 Å². The van der Waals surface area contributed by atoms with Crippen molar-refractivity contribution in [3.63, 3.8) is 0 Å². The van der Waals surface area contributed by atoms with Crippen LogP contribution in [0, 0.1) is 5.82 Å². The maximum atomic E-state index is 12.4. The van der Waals surface area contributed by atoms with Crippen LogP contribution in [0.3, 0.4) is 0 Å². The minimum atomic E-state index is -0.561. The van der Waals surface area contributed by atoms with Crippen LogP contribution in [0.2, 0.25) is 0 Å². The molecular weight excluding hydrogens is 211 g/mol. The molecule has 5 heteroatoms. The highest BCUT2D eigenvalue weighted by Gasteiger charge is 2.05. The number of aliphatic hydroxyl groups is 1. The van der Waals surface area contributed by atoms with E-state index in [-0.39, 0.29) is 31.2 Å². The molecular formula is C9H10ClFO3. The van der Waals surface area contributed by atoms with Crippen LogP contribution >= 0.6 is 12.4 Å². The monoisotopic (exact) mass is 220 g/mol. The van der Waals surface area contributed by atoms with Gasteiger partial charge in [0.1, 0.15) is 12.4 Å². The molecule has 1 aromatic rings. The molecule has 0 unspecified atom stereocenters. The van der Waals surface area contributed by atoms with Crippen molar-refractivity contribution < 1.29 is 19.0 Å². The molecule has 0 aromatic heterocycles. The Balaban J connectivity index is 0.00000169. The van der Waals surface area contributed by atoms with Gasteiger partial charge < -0.3 is 9.84 Å². The molecule has 0 aliphatic rings. The smallest absolute Gasteiger partial charge is 0.338 e. The summed E-state index contributed by atoms with van der Waals surface area (Å²) in [5.41, 5.74) is 0.273. The van der Waals surface area contributed by atoms with E-state index in [1.54, 1.807) is 0 Å². The number of aliphatic hydroxyl groups excluding tert-OH is 1. The van der Waals surface area contributed by atoms with E-state index in [2.05, 4.69) is 4.74 Å². The van der Waals surface area contributed by atoms with Gasteiger partial charge in [-0.2, -0.15) is 0 Å². The first-order valence-electron chi connectivity index (χ1n) is 3.77. The first-order chi connectivity index (χ1) is 6.24. The molecule has 0 amide bonds. The number of carbonyl (C=O) groups is 1. The summed E-state index contributed by atoms with van der Waals surface area (Å²) in [4.78, 5) is 11.1. The number of carbonyl (C=O) groups excluding carboxylic acids is 1. The fourth-order valence-corrected chi connectivity index (χ4v) is 0.808. The van der Waals surface area contributed by atoms with Crippen LogP contribution in [0.1, 0.15) is 10.4 Å². The molecule has 78 valence electrons. The van der Waals surface area contributed by atoms with Gasteiger partial charge in [0.25, 0.3) is 0 Å². The first kappa shape index (κ1) is 12.9. The van der Waals surface area contributed by atoms with Crippen molar-refractivity contribution in [2.75, 3.05) is 13.2 Å². The third kappa shape index (κ3) is 3.72. The van der Waals surface area contributed by atoms with Crippen molar-refractivity contribution in [1.82, 2.24) is 0 Å². The van der Waals surface area contributed by atoms with E-state index in [9.17, 15) is 9.18 Å². The molecule has 0 saturated carbocycles. The zero-order chi connectivity index (χ0) is 9.68. The zero-order valence-corrected chi connectivity index (χ0v) is 8.09. The van der Waals surface area contributed by atoms with Crippen LogP contribution < -0.4 is 0 Å². The second-order valence-electron chi connectivity index (χ2n) is 2.37. The summed E-state index contributed by atoms with van der Waals surface area (Å²) in [6.07, 6.45) is 0. The van der Waals surface area contributed by atoms with Crippen LogP contribution in [-0.2, 0) is 4.74 Å². The average Bonchev–Trinajstić information content (AvgIpc) is 2.15. The average molecular weight is 221 g/mol.